The number of benzene rings is 1. The number of carbonyl (C=O) groups is 1. The summed E-state index contributed by atoms with van der Waals surface area (Å²) in [5, 5.41) is 9.87. The SMILES string of the molecule is CC.Cc1c(C(=O)O)c2ccccc2n1C. The largest absolute Gasteiger partial charge is 0.478 e. The van der Waals surface area contributed by atoms with E-state index in [1.54, 1.807) is 0 Å². The Hall–Kier alpha value is -1.77. The van der Waals surface area contributed by atoms with E-state index in [2.05, 4.69) is 0 Å². The van der Waals surface area contributed by atoms with Crippen LogP contribution >= 0.6 is 0 Å². The van der Waals surface area contributed by atoms with E-state index >= 15 is 0 Å². The van der Waals surface area contributed by atoms with Crippen molar-refractivity contribution in [3.63, 3.8) is 0 Å². The number of carboxylic acids is 1. The molecule has 2 aromatic rings. The van der Waals surface area contributed by atoms with Crippen LogP contribution in [0.15, 0.2) is 24.3 Å². The highest BCUT2D eigenvalue weighted by atomic mass is 16.4. The summed E-state index contributed by atoms with van der Waals surface area (Å²) in [4.78, 5) is 11.0. The summed E-state index contributed by atoms with van der Waals surface area (Å²) in [5.74, 6) is -0.862. The van der Waals surface area contributed by atoms with Crippen molar-refractivity contribution in [3.05, 3.63) is 35.5 Å². The second kappa shape index (κ2) is 4.84. The molecule has 0 fully saturated rings. The Morgan fingerprint density at radius 2 is 1.81 bits per heavy atom. The molecule has 1 N–H and O–H groups in total. The Morgan fingerprint density at radius 1 is 1.25 bits per heavy atom. The molecule has 2 rings (SSSR count). The van der Waals surface area contributed by atoms with Crippen LogP contribution < -0.4 is 0 Å². The van der Waals surface area contributed by atoms with Crippen LogP contribution in [0.1, 0.15) is 29.9 Å². The third kappa shape index (κ3) is 1.81. The van der Waals surface area contributed by atoms with Gasteiger partial charge in [-0.05, 0) is 13.0 Å². The Morgan fingerprint density at radius 3 is 2.38 bits per heavy atom. The van der Waals surface area contributed by atoms with Gasteiger partial charge in [0.1, 0.15) is 0 Å². The van der Waals surface area contributed by atoms with Crippen LogP contribution in [-0.4, -0.2) is 15.6 Å². The van der Waals surface area contributed by atoms with E-state index < -0.39 is 5.97 Å². The average Bonchev–Trinajstić information content (AvgIpc) is 2.55. The molecule has 0 unspecified atom stereocenters. The molecular formula is C13H17NO2. The van der Waals surface area contributed by atoms with Crippen LogP contribution in [-0.2, 0) is 7.05 Å². The highest BCUT2D eigenvalue weighted by molar-refractivity contribution is 6.04. The lowest BCUT2D eigenvalue weighted by molar-refractivity contribution is 0.0698. The summed E-state index contributed by atoms with van der Waals surface area (Å²) in [5.41, 5.74) is 2.16. The summed E-state index contributed by atoms with van der Waals surface area (Å²) in [7, 11) is 1.88. The first kappa shape index (κ1) is 12.3. The van der Waals surface area contributed by atoms with E-state index in [9.17, 15) is 4.79 Å². The zero-order chi connectivity index (χ0) is 12.3. The summed E-state index contributed by atoms with van der Waals surface area (Å²) in [6, 6.07) is 7.53. The number of nitrogens with zero attached hydrogens (tertiary/aromatic N) is 1. The zero-order valence-corrected chi connectivity index (χ0v) is 10.1. The van der Waals surface area contributed by atoms with E-state index in [0.29, 0.717) is 5.56 Å². The molecule has 0 aliphatic carbocycles. The van der Waals surface area contributed by atoms with Crippen LogP contribution in [0, 0.1) is 6.92 Å². The van der Waals surface area contributed by atoms with Gasteiger partial charge in [-0.3, -0.25) is 0 Å². The number of aromatic carboxylic acids is 1. The van der Waals surface area contributed by atoms with Gasteiger partial charge in [-0.25, -0.2) is 4.79 Å². The molecule has 0 bridgehead atoms. The minimum atomic E-state index is -0.862. The van der Waals surface area contributed by atoms with Crippen molar-refractivity contribution in [3.8, 4) is 0 Å². The summed E-state index contributed by atoms with van der Waals surface area (Å²) in [6.07, 6.45) is 0. The second-order valence-corrected chi connectivity index (χ2v) is 3.34. The van der Waals surface area contributed by atoms with E-state index in [4.69, 9.17) is 5.11 Å². The molecule has 0 aliphatic rings. The predicted molar refractivity (Wildman–Crippen MR) is 66.0 cm³/mol. The molecule has 0 aliphatic heterocycles. The van der Waals surface area contributed by atoms with Gasteiger partial charge in [0.05, 0.1) is 5.56 Å². The van der Waals surface area contributed by atoms with Gasteiger partial charge in [0.15, 0.2) is 0 Å². The molecule has 0 spiro atoms. The number of hydrogen-bond donors (Lipinski definition) is 1. The molecule has 3 heteroatoms. The van der Waals surface area contributed by atoms with E-state index in [1.165, 1.54) is 0 Å². The fraction of sp³-hybridized carbons (Fsp3) is 0.308. The van der Waals surface area contributed by atoms with Gasteiger partial charge in [-0.2, -0.15) is 0 Å². The summed E-state index contributed by atoms with van der Waals surface area (Å²) >= 11 is 0. The monoisotopic (exact) mass is 219 g/mol. The summed E-state index contributed by atoms with van der Waals surface area (Å²) in [6.45, 7) is 5.82. The van der Waals surface area contributed by atoms with E-state index in [1.807, 2.05) is 56.7 Å². The van der Waals surface area contributed by atoms with Crippen LogP contribution in [0.3, 0.4) is 0 Å². The number of aryl methyl sites for hydroxylation is 1. The fourth-order valence-corrected chi connectivity index (χ4v) is 1.79. The number of aromatic nitrogens is 1. The molecule has 86 valence electrons. The van der Waals surface area contributed by atoms with Gasteiger partial charge >= 0.3 is 5.97 Å². The van der Waals surface area contributed by atoms with Crippen LogP contribution in [0.2, 0.25) is 0 Å². The van der Waals surface area contributed by atoms with Gasteiger partial charge in [-0.1, -0.05) is 32.0 Å². The minimum Gasteiger partial charge on any atom is -0.478 e. The van der Waals surface area contributed by atoms with Crippen molar-refractivity contribution in [2.75, 3.05) is 0 Å². The molecule has 1 aromatic heterocycles. The van der Waals surface area contributed by atoms with E-state index in [0.717, 1.165) is 16.6 Å². The highest BCUT2D eigenvalue weighted by Gasteiger charge is 2.16. The lowest BCUT2D eigenvalue weighted by Crippen LogP contribution is -1.99. The van der Waals surface area contributed by atoms with Crippen molar-refractivity contribution < 1.29 is 9.90 Å². The first-order chi connectivity index (χ1) is 7.63. The molecular weight excluding hydrogens is 202 g/mol. The Kier molecular flexibility index (Phi) is 3.72. The molecule has 0 saturated heterocycles. The van der Waals surface area contributed by atoms with Crippen molar-refractivity contribution in [2.24, 2.45) is 7.05 Å². The summed E-state index contributed by atoms with van der Waals surface area (Å²) < 4.78 is 1.90. The topological polar surface area (TPSA) is 42.2 Å². The first-order valence-corrected chi connectivity index (χ1v) is 5.40. The predicted octanol–water partition coefficient (Wildman–Crippen LogP) is 3.21. The van der Waals surface area contributed by atoms with E-state index in [-0.39, 0.29) is 0 Å². The van der Waals surface area contributed by atoms with Crippen LogP contribution in [0.4, 0.5) is 0 Å². The molecule has 0 amide bonds. The maximum Gasteiger partial charge on any atom is 0.338 e. The van der Waals surface area contributed by atoms with Crippen molar-refractivity contribution >= 4 is 16.9 Å². The standard InChI is InChI=1S/C11H11NO2.C2H6/c1-7-10(11(13)14)8-5-3-4-6-9(8)12(7)2;1-2/h3-6H,1-2H3,(H,13,14);1-2H3. The smallest absolute Gasteiger partial charge is 0.338 e. The van der Waals surface area contributed by atoms with Crippen molar-refractivity contribution in [2.45, 2.75) is 20.8 Å². The lowest BCUT2D eigenvalue weighted by Gasteiger charge is -1.97. The molecule has 0 atom stereocenters. The maximum atomic E-state index is 11.0. The van der Waals surface area contributed by atoms with Gasteiger partial charge in [-0.15, -0.1) is 0 Å². The van der Waals surface area contributed by atoms with Crippen LogP contribution in [0.5, 0.6) is 0 Å². The molecule has 1 aromatic carbocycles. The minimum absolute atomic E-state index is 0.406. The number of hydrogen-bond acceptors (Lipinski definition) is 1. The van der Waals surface area contributed by atoms with Gasteiger partial charge < -0.3 is 9.67 Å². The van der Waals surface area contributed by atoms with Crippen molar-refractivity contribution in [1.29, 1.82) is 0 Å². The zero-order valence-electron chi connectivity index (χ0n) is 10.1. The average molecular weight is 219 g/mol. The van der Waals surface area contributed by atoms with Gasteiger partial charge in [0, 0.05) is 23.6 Å². The molecule has 0 saturated carbocycles. The molecule has 3 nitrogen and oxygen atoms in total. The number of rotatable bonds is 1. The maximum absolute atomic E-state index is 11.0. The molecule has 0 radical (unpaired) electrons. The number of fused-ring (bicyclic) bond motifs is 1. The third-order valence-corrected chi connectivity index (χ3v) is 2.61. The first-order valence-electron chi connectivity index (χ1n) is 5.40. The Bertz CT molecular complexity index is 512. The van der Waals surface area contributed by atoms with Crippen LogP contribution in [0.25, 0.3) is 10.9 Å². The second-order valence-electron chi connectivity index (χ2n) is 3.34. The normalized spacial score (nSPS) is 9.75. The molecule has 1 heterocycles. The number of para-hydroxylation sites is 1. The fourth-order valence-electron chi connectivity index (χ4n) is 1.79. The van der Waals surface area contributed by atoms with Crippen molar-refractivity contribution in [1.82, 2.24) is 4.57 Å². The third-order valence-electron chi connectivity index (χ3n) is 2.61. The quantitative estimate of drug-likeness (QED) is 0.800. The lowest BCUT2D eigenvalue weighted by atomic mass is 10.1. The molecule has 16 heavy (non-hydrogen) atoms. The number of carboxylic acid groups (broad SMARTS) is 1. The highest BCUT2D eigenvalue weighted by Crippen LogP contribution is 2.24. The van der Waals surface area contributed by atoms with Gasteiger partial charge in [0.25, 0.3) is 0 Å². The van der Waals surface area contributed by atoms with Gasteiger partial charge in [0.2, 0.25) is 0 Å². The Balaban J connectivity index is 0.000000606. The Labute approximate surface area is 95.3 Å².